The fourth-order valence-corrected chi connectivity index (χ4v) is 2.49. The summed E-state index contributed by atoms with van der Waals surface area (Å²) in [4.78, 5) is 8.05. The highest BCUT2D eigenvalue weighted by Gasteiger charge is 2.19. The summed E-state index contributed by atoms with van der Waals surface area (Å²) in [6, 6.07) is 3.39. The van der Waals surface area contributed by atoms with Gasteiger partial charge in [0.1, 0.15) is 0 Å². The van der Waals surface area contributed by atoms with Crippen molar-refractivity contribution in [2.75, 3.05) is 5.75 Å². The monoisotopic (exact) mass is 222 g/mol. The first-order chi connectivity index (χ1) is 7.16. The molecule has 1 aliphatic heterocycles. The van der Waals surface area contributed by atoms with Gasteiger partial charge in [-0.15, -0.1) is 0 Å². The molecule has 0 amide bonds. The largest absolute Gasteiger partial charge is 0.284 e. The Morgan fingerprint density at radius 2 is 2.13 bits per heavy atom. The zero-order valence-corrected chi connectivity index (χ0v) is 8.76. The topological polar surface area (TPSA) is 59.4 Å². The van der Waals surface area contributed by atoms with Crippen LogP contribution in [0.25, 0.3) is 0 Å². The number of rotatable bonds is 2. The summed E-state index contributed by atoms with van der Waals surface area (Å²) >= 11 is 0. The van der Waals surface area contributed by atoms with Crippen molar-refractivity contribution < 1.29 is 8.42 Å². The molecule has 1 aromatic rings. The predicted octanol–water partition coefficient (Wildman–Crippen LogP) is 0.811. The molecule has 0 saturated carbocycles. The minimum Gasteiger partial charge on any atom is -0.284 e. The van der Waals surface area contributed by atoms with Crippen molar-refractivity contribution >= 4 is 16.1 Å². The van der Waals surface area contributed by atoms with Crippen LogP contribution in [0.4, 0.5) is 0 Å². The molecule has 1 atom stereocenters. The molecular weight excluding hydrogens is 212 g/mol. The summed E-state index contributed by atoms with van der Waals surface area (Å²) < 4.78 is 22.2. The van der Waals surface area contributed by atoms with E-state index >= 15 is 0 Å². The van der Waals surface area contributed by atoms with Gasteiger partial charge in [0.05, 0.1) is 11.8 Å². The molecule has 4 nitrogen and oxygen atoms in total. The molecule has 1 unspecified atom stereocenters. The molecule has 2 rings (SSSR count). The van der Waals surface area contributed by atoms with Crippen LogP contribution in [0.1, 0.15) is 5.56 Å². The van der Waals surface area contributed by atoms with E-state index in [9.17, 15) is 8.42 Å². The van der Waals surface area contributed by atoms with E-state index in [1.165, 1.54) is 5.41 Å². The average molecular weight is 222 g/mol. The quantitative estimate of drug-likeness (QED) is 0.696. The van der Waals surface area contributed by atoms with Crippen LogP contribution in [0.3, 0.4) is 0 Å². The first-order valence-electron chi connectivity index (χ1n) is 4.50. The van der Waals surface area contributed by atoms with Crippen molar-refractivity contribution in [1.29, 1.82) is 0 Å². The van der Waals surface area contributed by atoms with Gasteiger partial charge in [0.15, 0.2) is 9.84 Å². The molecule has 0 bridgehead atoms. The number of hydrogen-bond acceptors (Lipinski definition) is 4. The van der Waals surface area contributed by atoms with E-state index in [1.54, 1.807) is 24.7 Å². The number of sulfone groups is 1. The van der Waals surface area contributed by atoms with Crippen molar-refractivity contribution in [2.24, 2.45) is 4.99 Å². The minimum absolute atomic E-state index is 0.0780. The Labute approximate surface area is 88.3 Å². The van der Waals surface area contributed by atoms with Gasteiger partial charge < -0.3 is 0 Å². The van der Waals surface area contributed by atoms with Crippen molar-refractivity contribution in [3.8, 4) is 0 Å². The van der Waals surface area contributed by atoms with Crippen LogP contribution in [-0.4, -0.2) is 31.4 Å². The smallest absolute Gasteiger partial charge is 0.173 e. The molecule has 15 heavy (non-hydrogen) atoms. The van der Waals surface area contributed by atoms with Gasteiger partial charge in [-0.25, -0.2) is 8.42 Å². The van der Waals surface area contributed by atoms with Crippen molar-refractivity contribution in [1.82, 2.24) is 4.98 Å². The van der Waals surface area contributed by atoms with E-state index in [1.807, 2.05) is 12.1 Å². The molecule has 0 aromatic carbocycles. The highest BCUT2D eigenvalue weighted by molar-refractivity contribution is 7.94. The van der Waals surface area contributed by atoms with Crippen LogP contribution in [0.2, 0.25) is 0 Å². The fourth-order valence-electron chi connectivity index (χ4n) is 1.28. The van der Waals surface area contributed by atoms with Gasteiger partial charge in [0.25, 0.3) is 0 Å². The van der Waals surface area contributed by atoms with E-state index in [0.717, 1.165) is 5.56 Å². The molecule has 0 saturated heterocycles. The van der Waals surface area contributed by atoms with E-state index in [2.05, 4.69) is 9.98 Å². The lowest BCUT2D eigenvalue weighted by Gasteiger charge is -1.98. The Morgan fingerprint density at radius 1 is 1.40 bits per heavy atom. The van der Waals surface area contributed by atoms with Gasteiger partial charge in [0, 0.05) is 24.0 Å². The highest BCUT2D eigenvalue weighted by atomic mass is 32.2. The molecule has 0 radical (unpaired) electrons. The van der Waals surface area contributed by atoms with Crippen LogP contribution in [0.15, 0.2) is 41.0 Å². The average Bonchev–Trinajstić information content (AvgIpc) is 2.57. The Kier molecular flexibility index (Phi) is 2.64. The summed E-state index contributed by atoms with van der Waals surface area (Å²) in [5.74, 6) is 0.0780. The number of nitrogens with zero attached hydrogens (tertiary/aromatic N) is 2. The molecule has 2 heterocycles. The van der Waals surface area contributed by atoms with Crippen LogP contribution in [0.5, 0.6) is 0 Å². The Morgan fingerprint density at radius 3 is 2.73 bits per heavy atom. The van der Waals surface area contributed by atoms with Crippen molar-refractivity contribution in [3.05, 3.63) is 41.6 Å². The zero-order chi connectivity index (χ0) is 10.7. The number of aliphatic imine (C=N–C) groups is 1. The summed E-state index contributed by atoms with van der Waals surface area (Å²) in [5.41, 5.74) is 0.919. The second kappa shape index (κ2) is 3.94. The number of hydrogen-bond donors (Lipinski definition) is 0. The molecule has 78 valence electrons. The Bertz CT molecular complexity index is 491. The molecule has 0 fully saturated rings. The van der Waals surface area contributed by atoms with E-state index in [4.69, 9.17) is 0 Å². The van der Waals surface area contributed by atoms with Gasteiger partial charge in [-0.05, 0) is 23.8 Å². The molecular formula is C10H10N2O2S. The zero-order valence-electron chi connectivity index (χ0n) is 7.95. The van der Waals surface area contributed by atoms with Crippen LogP contribution in [0, 0.1) is 0 Å². The lowest BCUT2D eigenvalue weighted by Crippen LogP contribution is -2.08. The van der Waals surface area contributed by atoms with Gasteiger partial charge in [-0.1, -0.05) is 0 Å². The van der Waals surface area contributed by atoms with Gasteiger partial charge in [0.2, 0.25) is 0 Å². The summed E-state index contributed by atoms with van der Waals surface area (Å²) in [6.07, 6.45) is 6.61. The summed E-state index contributed by atoms with van der Waals surface area (Å²) in [7, 11) is -3.01. The molecule has 0 N–H and O–H groups in total. The number of pyridine rings is 1. The predicted molar refractivity (Wildman–Crippen MR) is 58.5 cm³/mol. The van der Waals surface area contributed by atoms with Crippen molar-refractivity contribution in [3.63, 3.8) is 0 Å². The SMILES string of the molecule is O=S1(=O)C=CC(N=Cc2ccncc2)C1. The van der Waals surface area contributed by atoms with Gasteiger partial charge in [-0.2, -0.15) is 0 Å². The normalized spacial score (nSPS) is 23.6. The number of aromatic nitrogens is 1. The van der Waals surface area contributed by atoms with Crippen LogP contribution in [-0.2, 0) is 9.84 Å². The van der Waals surface area contributed by atoms with Crippen LogP contribution < -0.4 is 0 Å². The lowest BCUT2D eigenvalue weighted by atomic mass is 10.3. The minimum atomic E-state index is -3.01. The highest BCUT2D eigenvalue weighted by Crippen LogP contribution is 2.11. The Balaban J connectivity index is 2.06. The first-order valence-corrected chi connectivity index (χ1v) is 6.21. The maximum absolute atomic E-state index is 11.1. The summed E-state index contributed by atoms with van der Waals surface area (Å²) in [6.45, 7) is 0. The van der Waals surface area contributed by atoms with Crippen molar-refractivity contribution in [2.45, 2.75) is 6.04 Å². The van der Waals surface area contributed by atoms with E-state index < -0.39 is 9.84 Å². The summed E-state index contributed by atoms with van der Waals surface area (Å²) in [5, 5.41) is 1.22. The third-order valence-corrected chi connectivity index (χ3v) is 3.41. The van der Waals surface area contributed by atoms with E-state index in [0.29, 0.717) is 0 Å². The second-order valence-corrected chi connectivity index (χ2v) is 5.22. The first kappa shape index (κ1) is 10.0. The molecule has 0 spiro atoms. The standard InChI is InChI=1S/C10H10N2O2S/c13-15(14)6-3-10(8-15)12-7-9-1-4-11-5-2-9/h1-7,10H,8H2. The molecule has 1 aromatic heterocycles. The maximum Gasteiger partial charge on any atom is 0.173 e. The van der Waals surface area contributed by atoms with Gasteiger partial charge in [-0.3, -0.25) is 9.98 Å². The third kappa shape index (κ3) is 2.73. The second-order valence-electron chi connectivity index (χ2n) is 3.28. The van der Waals surface area contributed by atoms with E-state index in [-0.39, 0.29) is 11.8 Å². The Hall–Kier alpha value is -1.49. The van der Waals surface area contributed by atoms with Gasteiger partial charge >= 0.3 is 0 Å². The molecule has 5 heteroatoms. The molecule has 1 aliphatic rings. The lowest BCUT2D eigenvalue weighted by molar-refractivity contribution is 0.604. The maximum atomic E-state index is 11.1. The molecule has 0 aliphatic carbocycles. The third-order valence-electron chi connectivity index (χ3n) is 2.03. The fraction of sp³-hybridized carbons (Fsp3) is 0.200. The van der Waals surface area contributed by atoms with Crippen LogP contribution >= 0.6 is 0 Å².